The summed E-state index contributed by atoms with van der Waals surface area (Å²) in [7, 11) is 0. The number of aliphatic hydroxyl groups is 1. The van der Waals surface area contributed by atoms with Crippen LogP contribution in [0.3, 0.4) is 0 Å². The lowest BCUT2D eigenvalue weighted by molar-refractivity contribution is -0.181. The van der Waals surface area contributed by atoms with Crippen LogP contribution in [0.2, 0.25) is 0 Å². The van der Waals surface area contributed by atoms with Gasteiger partial charge in [0.15, 0.2) is 0 Å². The lowest BCUT2D eigenvalue weighted by atomic mass is 9.50. The maximum absolute atomic E-state index is 13.3. The predicted molar refractivity (Wildman–Crippen MR) is 117 cm³/mol. The Morgan fingerprint density at radius 1 is 1.19 bits per heavy atom. The molecule has 0 aromatic heterocycles. The Morgan fingerprint density at radius 3 is 2.44 bits per heavy atom. The first-order valence-electron chi connectivity index (χ1n) is 12.1. The summed E-state index contributed by atoms with van der Waals surface area (Å²) in [6.45, 7) is 4.72. The first kappa shape index (κ1) is 23.0. The molecule has 0 aromatic rings. The van der Waals surface area contributed by atoms with E-state index in [1.165, 1.54) is 0 Å². The van der Waals surface area contributed by atoms with Gasteiger partial charge in [-0.15, -0.1) is 0 Å². The van der Waals surface area contributed by atoms with E-state index < -0.39 is 17.7 Å². The Bertz CT molecular complexity index is 816. The van der Waals surface area contributed by atoms with Crippen LogP contribution in [0.4, 0.5) is 0 Å². The quantitative estimate of drug-likeness (QED) is 0.643. The Kier molecular flexibility index (Phi) is 6.22. The van der Waals surface area contributed by atoms with E-state index in [0.29, 0.717) is 37.8 Å². The molecule has 0 aromatic carbocycles. The van der Waals surface area contributed by atoms with Crippen molar-refractivity contribution in [1.82, 2.24) is 14.7 Å². The maximum Gasteiger partial charge on any atom is 0.237 e. The van der Waals surface area contributed by atoms with Gasteiger partial charge in [0.1, 0.15) is 12.1 Å². The van der Waals surface area contributed by atoms with Crippen LogP contribution in [0.15, 0.2) is 0 Å². The van der Waals surface area contributed by atoms with Gasteiger partial charge in [0.2, 0.25) is 11.8 Å². The third-order valence-corrected chi connectivity index (χ3v) is 8.36. The van der Waals surface area contributed by atoms with Crippen molar-refractivity contribution in [2.75, 3.05) is 26.2 Å². The highest BCUT2D eigenvalue weighted by Crippen LogP contribution is 2.59. The first-order chi connectivity index (χ1) is 15.2. The topological polar surface area (TPSA) is 112 Å². The number of likely N-dealkylation sites (N-methyl/N-ethyl adjacent to an activating group) is 1. The van der Waals surface area contributed by atoms with E-state index in [4.69, 9.17) is 0 Å². The SMILES string of the molecule is CCN(C(=O)CN(CC(=O)N1CCCC1C#N)C12CC3CC(CC(O)(C3)C1)C2)C(C)C#N. The van der Waals surface area contributed by atoms with Crippen LogP contribution < -0.4 is 0 Å². The van der Waals surface area contributed by atoms with Crippen molar-refractivity contribution in [3.63, 3.8) is 0 Å². The van der Waals surface area contributed by atoms with E-state index in [-0.39, 0.29) is 30.4 Å². The fraction of sp³-hybridized carbons (Fsp3) is 0.833. The average molecular weight is 442 g/mol. The maximum atomic E-state index is 13.3. The van der Waals surface area contributed by atoms with Crippen molar-refractivity contribution in [3.8, 4) is 12.1 Å². The summed E-state index contributed by atoms with van der Waals surface area (Å²) >= 11 is 0. The van der Waals surface area contributed by atoms with Crippen molar-refractivity contribution in [1.29, 1.82) is 10.5 Å². The molecule has 8 heteroatoms. The van der Waals surface area contributed by atoms with Crippen LogP contribution in [0.1, 0.15) is 65.2 Å². The molecule has 4 aliphatic carbocycles. The van der Waals surface area contributed by atoms with E-state index in [1.807, 2.05) is 11.8 Å². The molecule has 1 saturated heterocycles. The van der Waals surface area contributed by atoms with E-state index in [9.17, 15) is 25.2 Å². The summed E-state index contributed by atoms with van der Waals surface area (Å²) in [6.07, 6.45) is 6.65. The molecular formula is C24H35N5O3. The molecule has 0 spiro atoms. The minimum Gasteiger partial charge on any atom is -0.390 e. The molecule has 5 fully saturated rings. The van der Waals surface area contributed by atoms with Gasteiger partial charge in [-0.25, -0.2) is 0 Å². The second kappa shape index (κ2) is 8.65. The van der Waals surface area contributed by atoms with Gasteiger partial charge in [-0.3, -0.25) is 14.5 Å². The molecule has 32 heavy (non-hydrogen) atoms. The Labute approximate surface area is 190 Å². The summed E-state index contributed by atoms with van der Waals surface area (Å²) in [6, 6.07) is 3.45. The van der Waals surface area contributed by atoms with Crippen molar-refractivity contribution in [2.45, 2.75) is 88.4 Å². The lowest BCUT2D eigenvalue weighted by Crippen LogP contribution is -2.67. The summed E-state index contributed by atoms with van der Waals surface area (Å²) in [5, 5.41) is 30.0. The van der Waals surface area contributed by atoms with Gasteiger partial charge in [0, 0.05) is 18.6 Å². The fourth-order valence-electron chi connectivity index (χ4n) is 7.37. The van der Waals surface area contributed by atoms with Crippen LogP contribution >= 0.6 is 0 Å². The summed E-state index contributed by atoms with van der Waals surface area (Å²) < 4.78 is 0. The zero-order valence-corrected chi connectivity index (χ0v) is 19.3. The number of carbonyl (C=O) groups excluding carboxylic acids is 2. The van der Waals surface area contributed by atoms with Gasteiger partial charge >= 0.3 is 0 Å². The molecular weight excluding hydrogens is 406 g/mol. The number of rotatable bonds is 7. The van der Waals surface area contributed by atoms with E-state index >= 15 is 0 Å². The largest absolute Gasteiger partial charge is 0.390 e. The Hall–Kier alpha value is -2.16. The second-order valence-electron chi connectivity index (χ2n) is 10.6. The molecule has 1 N–H and O–H groups in total. The number of carbonyl (C=O) groups is 2. The molecule has 4 saturated carbocycles. The Balaban J connectivity index is 1.60. The number of nitriles is 2. The third-order valence-electron chi connectivity index (χ3n) is 8.36. The number of hydrogen-bond donors (Lipinski definition) is 1. The van der Waals surface area contributed by atoms with E-state index in [0.717, 1.165) is 38.5 Å². The van der Waals surface area contributed by atoms with Crippen molar-refractivity contribution in [2.24, 2.45) is 11.8 Å². The van der Waals surface area contributed by atoms with E-state index in [1.54, 1.807) is 16.7 Å². The molecule has 5 rings (SSSR count). The zero-order valence-electron chi connectivity index (χ0n) is 19.3. The van der Waals surface area contributed by atoms with Gasteiger partial charge < -0.3 is 14.9 Å². The van der Waals surface area contributed by atoms with Gasteiger partial charge in [0.05, 0.1) is 30.8 Å². The van der Waals surface area contributed by atoms with Crippen molar-refractivity contribution >= 4 is 11.8 Å². The molecule has 1 heterocycles. The summed E-state index contributed by atoms with van der Waals surface area (Å²) in [4.78, 5) is 31.8. The summed E-state index contributed by atoms with van der Waals surface area (Å²) in [5.41, 5.74) is -1.08. The number of hydrogen-bond acceptors (Lipinski definition) is 6. The molecule has 4 atom stereocenters. The minimum atomic E-state index is -0.707. The minimum absolute atomic E-state index is 0.0617. The van der Waals surface area contributed by atoms with Crippen LogP contribution in [-0.4, -0.2) is 81.0 Å². The lowest BCUT2D eigenvalue weighted by Gasteiger charge is -2.63. The van der Waals surface area contributed by atoms with Gasteiger partial charge in [-0.05, 0) is 77.0 Å². The summed E-state index contributed by atoms with van der Waals surface area (Å²) in [5.74, 6) is 0.581. The third kappa shape index (κ3) is 4.11. The van der Waals surface area contributed by atoms with Gasteiger partial charge in [0.25, 0.3) is 0 Å². The van der Waals surface area contributed by atoms with Crippen LogP contribution in [0.25, 0.3) is 0 Å². The fourth-order valence-corrected chi connectivity index (χ4v) is 7.37. The smallest absolute Gasteiger partial charge is 0.237 e. The molecule has 4 bridgehead atoms. The first-order valence-corrected chi connectivity index (χ1v) is 12.1. The van der Waals surface area contributed by atoms with Crippen LogP contribution in [-0.2, 0) is 9.59 Å². The molecule has 0 radical (unpaired) electrons. The molecule has 8 nitrogen and oxygen atoms in total. The number of likely N-dealkylation sites (tertiary alicyclic amines) is 1. The molecule has 2 amide bonds. The molecule has 1 aliphatic heterocycles. The van der Waals surface area contributed by atoms with Crippen molar-refractivity contribution < 1.29 is 14.7 Å². The molecule has 4 unspecified atom stereocenters. The Morgan fingerprint density at radius 2 is 1.88 bits per heavy atom. The average Bonchev–Trinajstić information content (AvgIpc) is 3.20. The zero-order chi connectivity index (χ0) is 23.1. The highest BCUT2D eigenvalue weighted by Gasteiger charge is 2.59. The van der Waals surface area contributed by atoms with Gasteiger partial charge in [-0.1, -0.05) is 0 Å². The second-order valence-corrected chi connectivity index (χ2v) is 10.6. The van der Waals surface area contributed by atoms with Crippen LogP contribution in [0, 0.1) is 34.5 Å². The monoisotopic (exact) mass is 441 g/mol. The normalized spacial score (nSPS) is 36.1. The van der Waals surface area contributed by atoms with Gasteiger partial charge in [-0.2, -0.15) is 10.5 Å². The molecule has 5 aliphatic rings. The number of amides is 2. The predicted octanol–water partition coefficient (Wildman–Crippen LogP) is 1.65. The number of nitrogens with zero attached hydrogens (tertiary/aromatic N) is 5. The molecule has 174 valence electrons. The highest BCUT2D eigenvalue weighted by atomic mass is 16.3. The van der Waals surface area contributed by atoms with Crippen molar-refractivity contribution in [3.05, 3.63) is 0 Å². The van der Waals surface area contributed by atoms with E-state index in [2.05, 4.69) is 12.1 Å². The highest BCUT2D eigenvalue weighted by molar-refractivity contribution is 5.82. The standard InChI is InChI=1S/C24H35N5O3/c1-3-28(17(2)12-25)21(30)14-27(15-22(31)29-6-4-5-20(29)13-26)23-8-18-7-19(9-23)11-24(32,10-18)16-23/h17-20,32H,3-11,14-16H2,1-2H3. The van der Waals surface area contributed by atoms with Crippen LogP contribution in [0.5, 0.6) is 0 Å².